The molecule has 1 aromatic heterocycles. The number of amides is 1. The Labute approximate surface area is 172 Å². The first-order valence-electron chi connectivity index (χ1n) is 11.0. The Morgan fingerprint density at radius 1 is 1.24 bits per heavy atom. The van der Waals surface area contributed by atoms with Crippen LogP contribution in [0.2, 0.25) is 0 Å². The maximum atomic E-state index is 12.6. The summed E-state index contributed by atoms with van der Waals surface area (Å²) in [7, 11) is 0. The van der Waals surface area contributed by atoms with Crippen LogP contribution in [0, 0.1) is 5.92 Å². The molecule has 1 unspecified atom stereocenters. The lowest BCUT2D eigenvalue weighted by molar-refractivity contribution is -0.134. The first-order chi connectivity index (χ1) is 14.2. The maximum Gasteiger partial charge on any atom is 0.225 e. The molecule has 2 N–H and O–H groups in total. The number of carbonyl (C=O) groups is 1. The molecular formula is C23H32N4O2. The summed E-state index contributed by atoms with van der Waals surface area (Å²) in [5, 5.41) is 7.98. The van der Waals surface area contributed by atoms with E-state index in [1.165, 1.54) is 12.8 Å². The maximum absolute atomic E-state index is 12.6. The largest absolute Gasteiger partial charge is 0.461 e. The zero-order valence-electron chi connectivity index (χ0n) is 17.3. The number of likely N-dealkylation sites (tertiary alicyclic amines) is 1. The number of guanidine groups is 1. The van der Waals surface area contributed by atoms with Gasteiger partial charge < -0.3 is 20.0 Å². The van der Waals surface area contributed by atoms with E-state index in [1.54, 1.807) is 0 Å². The molecule has 1 aliphatic carbocycles. The summed E-state index contributed by atoms with van der Waals surface area (Å²) >= 11 is 0. The van der Waals surface area contributed by atoms with Crippen LogP contribution in [0.25, 0.3) is 11.0 Å². The lowest BCUT2D eigenvalue weighted by Gasteiger charge is -2.21. The van der Waals surface area contributed by atoms with E-state index in [0.717, 1.165) is 68.0 Å². The van der Waals surface area contributed by atoms with Crippen molar-refractivity contribution in [2.75, 3.05) is 26.2 Å². The Morgan fingerprint density at radius 3 is 2.86 bits per heavy atom. The van der Waals surface area contributed by atoms with E-state index in [9.17, 15) is 4.79 Å². The third-order valence-corrected chi connectivity index (χ3v) is 5.99. The second-order valence-electron chi connectivity index (χ2n) is 8.16. The number of hydrogen-bond acceptors (Lipinski definition) is 3. The molecule has 4 rings (SSSR count). The van der Waals surface area contributed by atoms with E-state index in [4.69, 9.17) is 9.41 Å². The highest BCUT2D eigenvalue weighted by Crippen LogP contribution is 2.27. The topological polar surface area (TPSA) is 69.9 Å². The molecule has 2 aromatic rings. The highest BCUT2D eigenvalue weighted by atomic mass is 16.3. The summed E-state index contributed by atoms with van der Waals surface area (Å²) in [6.07, 6.45) is 6.29. The summed E-state index contributed by atoms with van der Waals surface area (Å²) in [6.45, 7) is 5.18. The summed E-state index contributed by atoms with van der Waals surface area (Å²) < 4.78 is 5.88. The highest BCUT2D eigenvalue weighted by molar-refractivity contribution is 5.81. The van der Waals surface area contributed by atoms with E-state index in [1.807, 2.05) is 23.1 Å². The third kappa shape index (κ3) is 4.92. The standard InChI is InChI=1S/C23H32N4O2/c1-2-24-23(25-13-11-20-15-18-9-5-6-10-21(18)29-20)26-19-12-14-27(16-19)22(28)17-7-3-4-8-17/h5-6,9-10,15,17,19H,2-4,7-8,11-14,16H2,1H3,(H2,24,25,26). The van der Waals surface area contributed by atoms with Crippen molar-refractivity contribution in [1.29, 1.82) is 0 Å². The minimum Gasteiger partial charge on any atom is -0.461 e. The van der Waals surface area contributed by atoms with Gasteiger partial charge in [0.15, 0.2) is 5.96 Å². The molecule has 0 bridgehead atoms. The fourth-order valence-corrected chi connectivity index (χ4v) is 4.46. The summed E-state index contributed by atoms with van der Waals surface area (Å²) in [4.78, 5) is 19.4. The lowest BCUT2D eigenvalue weighted by Crippen LogP contribution is -2.45. The van der Waals surface area contributed by atoms with Crippen molar-refractivity contribution >= 4 is 22.8 Å². The van der Waals surface area contributed by atoms with Gasteiger partial charge in [-0.25, -0.2) is 0 Å². The Morgan fingerprint density at radius 2 is 2.07 bits per heavy atom. The number of furan rings is 1. The van der Waals surface area contributed by atoms with Gasteiger partial charge in [0.25, 0.3) is 0 Å². The molecule has 2 fully saturated rings. The monoisotopic (exact) mass is 396 g/mol. The highest BCUT2D eigenvalue weighted by Gasteiger charge is 2.32. The Bertz CT molecular complexity index is 820. The van der Waals surface area contributed by atoms with Crippen LogP contribution in [0.15, 0.2) is 39.7 Å². The van der Waals surface area contributed by atoms with Crippen molar-refractivity contribution in [1.82, 2.24) is 15.5 Å². The van der Waals surface area contributed by atoms with Crippen LogP contribution >= 0.6 is 0 Å². The number of nitrogens with zero attached hydrogens (tertiary/aromatic N) is 2. The van der Waals surface area contributed by atoms with Gasteiger partial charge in [0.2, 0.25) is 5.91 Å². The number of carbonyl (C=O) groups excluding carboxylic acids is 1. The number of aliphatic imine (C=N–C) groups is 1. The van der Waals surface area contributed by atoms with Crippen LogP contribution in [0.3, 0.4) is 0 Å². The predicted molar refractivity (Wildman–Crippen MR) is 116 cm³/mol. The normalized spacial score (nSPS) is 20.5. The van der Waals surface area contributed by atoms with Gasteiger partial charge in [0.1, 0.15) is 11.3 Å². The SMILES string of the molecule is CCNC(=NCCc1cc2ccccc2o1)NC1CCN(C(=O)C2CCCC2)C1. The second kappa shape index (κ2) is 9.33. The molecule has 1 atom stereocenters. The van der Waals surface area contributed by atoms with Crippen molar-refractivity contribution in [3.05, 3.63) is 36.1 Å². The fourth-order valence-electron chi connectivity index (χ4n) is 4.46. The van der Waals surface area contributed by atoms with Crippen LogP contribution < -0.4 is 10.6 Å². The van der Waals surface area contributed by atoms with Crippen molar-refractivity contribution in [3.63, 3.8) is 0 Å². The Kier molecular flexibility index (Phi) is 6.37. The van der Waals surface area contributed by atoms with Gasteiger partial charge in [-0.15, -0.1) is 0 Å². The number of benzene rings is 1. The average molecular weight is 397 g/mol. The van der Waals surface area contributed by atoms with Gasteiger partial charge in [-0.3, -0.25) is 9.79 Å². The lowest BCUT2D eigenvalue weighted by atomic mass is 10.1. The van der Waals surface area contributed by atoms with Crippen LogP contribution in [-0.2, 0) is 11.2 Å². The van der Waals surface area contributed by atoms with E-state index < -0.39 is 0 Å². The molecule has 1 aromatic carbocycles. The molecule has 2 aliphatic rings. The van der Waals surface area contributed by atoms with Crippen molar-refractivity contribution in [2.24, 2.45) is 10.9 Å². The van der Waals surface area contributed by atoms with Gasteiger partial charge in [-0.2, -0.15) is 0 Å². The fraction of sp³-hybridized carbons (Fsp3) is 0.565. The minimum absolute atomic E-state index is 0.263. The molecule has 1 saturated carbocycles. The van der Waals surface area contributed by atoms with E-state index in [0.29, 0.717) is 12.5 Å². The number of hydrogen-bond donors (Lipinski definition) is 2. The summed E-state index contributed by atoms with van der Waals surface area (Å²) in [5.74, 6) is 2.40. The Balaban J connectivity index is 1.29. The first kappa shape index (κ1) is 19.8. The van der Waals surface area contributed by atoms with Crippen LogP contribution in [0.5, 0.6) is 0 Å². The van der Waals surface area contributed by atoms with Crippen LogP contribution in [0.1, 0.15) is 44.8 Å². The number of para-hydroxylation sites is 1. The van der Waals surface area contributed by atoms with E-state index >= 15 is 0 Å². The van der Waals surface area contributed by atoms with Gasteiger partial charge in [0, 0.05) is 49.9 Å². The van der Waals surface area contributed by atoms with E-state index in [2.05, 4.69) is 29.7 Å². The molecule has 29 heavy (non-hydrogen) atoms. The number of fused-ring (bicyclic) bond motifs is 1. The zero-order valence-corrected chi connectivity index (χ0v) is 17.3. The second-order valence-corrected chi connectivity index (χ2v) is 8.16. The molecule has 6 heteroatoms. The van der Waals surface area contributed by atoms with Crippen molar-refractivity contribution < 1.29 is 9.21 Å². The molecule has 1 saturated heterocycles. The van der Waals surface area contributed by atoms with Gasteiger partial charge >= 0.3 is 0 Å². The number of nitrogens with one attached hydrogen (secondary N) is 2. The van der Waals surface area contributed by atoms with Crippen LogP contribution in [-0.4, -0.2) is 49.0 Å². The van der Waals surface area contributed by atoms with Crippen LogP contribution in [0.4, 0.5) is 0 Å². The molecule has 6 nitrogen and oxygen atoms in total. The summed E-state index contributed by atoms with van der Waals surface area (Å²) in [6, 6.07) is 10.4. The smallest absolute Gasteiger partial charge is 0.225 e. The molecule has 1 amide bonds. The quantitative estimate of drug-likeness (QED) is 0.580. The van der Waals surface area contributed by atoms with Gasteiger partial charge in [0.05, 0.1) is 0 Å². The van der Waals surface area contributed by atoms with Gasteiger partial charge in [-0.05, 0) is 38.3 Å². The molecule has 0 radical (unpaired) electrons. The molecule has 0 spiro atoms. The Hall–Kier alpha value is -2.50. The minimum atomic E-state index is 0.263. The third-order valence-electron chi connectivity index (χ3n) is 5.99. The average Bonchev–Trinajstić information content (AvgIpc) is 3.48. The molecule has 2 heterocycles. The predicted octanol–water partition coefficient (Wildman–Crippen LogP) is 3.32. The molecule has 156 valence electrons. The van der Waals surface area contributed by atoms with Gasteiger partial charge in [-0.1, -0.05) is 31.0 Å². The van der Waals surface area contributed by atoms with E-state index in [-0.39, 0.29) is 12.0 Å². The van der Waals surface area contributed by atoms with Crippen molar-refractivity contribution in [2.45, 2.75) is 51.5 Å². The molecular weight excluding hydrogens is 364 g/mol. The zero-order chi connectivity index (χ0) is 20.1. The summed E-state index contributed by atoms with van der Waals surface area (Å²) in [5.41, 5.74) is 0.925. The first-order valence-corrected chi connectivity index (χ1v) is 11.0. The van der Waals surface area contributed by atoms with Crippen molar-refractivity contribution in [3.8, 4) is 0 Å². The molecule has 1 aliphatic heterocycles. The number of rotatable bonds is 6.